The number of fused-ring (bicyclic) bond motifs is 5. The Hall–Kier alpha value is -4.77. The number of rotatable bonds is 4. The van der Waals surface area contributed by atoms with Crippen LogP contribution in [0, 0.1) is 5.41 Å². The third kappa shape index (κ3) is 3.10. The van der Waals surface area contributed by atoms with Crippen molar-refractivity contribution in [3.8, 4) is 5.75 Å². The Kier molecular flexibility index (Phi) is 5.17. The Bertz CT molecular complexity index is 1650. The van der Waals surface area contributed by atoms with Crippen molar-refractivity contribution in [1.29, 1.82) is 0 Å². The second kappa shape index (κ2) is 8.63. The number of carbonyl (C=O) groups is 3. The number of methoxy groups -OCH3 is 1. The number of hydrogen-bond acceptors (Lipinski definition) is 5. The number of nitrogens with zero attached hydrogens (tertiary/aromatic N) is 1. The molecule has 0 unspecified atom stereocenters. The highest BCUT2D eigenvalue weighted by Gasteiger charge is 2.71. The number of Topliss-reactive ketones (excluding diaryl/α,β-unsaturated/α-hetero) is 3. The quantitative estimate of drug-likeness (QED) is 0.248. The molecule has 4 aromatic carbocycles. The molecule has 1 saturated heterocycles. The zero-order valence-electron chi connectivity index (χ0n) is 21.3. The SMILES string of the molecule is COc1cccc(C(=O)[C@H]2[C@H](c3ccccc3)C3(C(=O)c4ccccc4C3=O)[C@@H]3C=Cc4ccccc4N32)c1. The zero-order valence-corrected chi connectivity index (χ0v) is 21.3. The molecule has 0 aromatic heterocycles. The Morgan fingerprint density at radius 1 is 0.795 bits per heavy atom. The van der Waals surface area contributed by atoms with E-state index in [-0.39, 0.29) is 17.3 Å². The maximum absolute atomic E-state index is 14.6. The van der Waals surface area contributed by atoms with Crippen LogP contribution in [-0.2, 0) is 0 Å². The van der Waals surface area contributed by atoms with Gasteiger partial charge in [0.05, 0.1) is 13.2 Å². The van der Waals surface area contributed by atoms with E-state index < -0.39 is 23.4 Å². The van der Waals surface area contributed by atoms with E-state index in [1.807, 2.05) is 71.6 Å². The van der Waals surface area contributed by atoms with E-state index in [9.17, 15) is 14.4 Å². The summed E-state index contributed by atoms with van der Waals surface area (Å²) in [6.45, 7) is 0. The van der Waals surface area contributed by atoms with Gasteiger partial charge in [-0.05, 0) is 29.3 Å². The predicted octanol–water partition coefficient (Wildman–Crippen LogP) is 6.01. The molecule has 2 aliphatic heterocycles. The van der Waals surface area contributed by atoms with Gasteiger partial charge in [0.25, 0.3) is 0 Å². The number of ether oxygens (including phenoxy) is 1. The molecule has 1 aliphatic carbocycles. The summed E-state index contributed by atoms with van der Waals surface area (Å²) in [5.74, 6) is -0.758. The minimum Gasteiger partial charge on any atom is -0.497 e. The van der Waals surface area contributed by atoms with Crippen molar-refractivity contribution < 1.29 is 19.1 Å². The molecule has 0 radical (unpaired) electrons. The van der Waals surface area contributed by atoms with Crippen molar-refractivity contribution in [2.45, 2.75) is 18.0 Å². The fraction of sp³-hybridized carbons (Fsp3) is 0.147. The summed E-state index contributed by atoms with van der Waals surface area (Å²) in [6.07, 6.45) is 3.92. The second-order valence-corrected chi connectivity index (χ2v) is 10.3. The van der Waals surface area contributed by atoms with E-state index in [0.29, 0.717) is 22.4 Å². The number of benzene rings is 4. The molecule has 1 spiro atoms. The summed E-state index contributed by atoms with van der Waals surface area (Å²) < 4.78 is 5.43. The maximum atomic E-state index is 14.6. The second-order valence-electron chi connectivity index (χ2n) is 10.3. The van der Waals surface area contributed by atoms with Crippen molar-refractivity contribution >= 4 is 29.1 Å². The van der Waals surface area contributed by atoms with Crippen LogP contribution in [0.1, 0.15) is 48.1 Å². The highest BCUT2D eigenvalue weighted by Crippen LogP contribution is 2.60. The lowest BCUT2D eigenvalue weighted by atomic mass is 9.64. The Balaban J connectivity index is 1.54. The number of anilines is 1. The molecule has 1 fully saturated rings. The largest absolute Gasteiger partial charge is 0.497 e. The van der Waals surface area contributed by atoms with Crippen LogP contribution in [-0.4, -0.2) is 36.5 Å². The Morgan fingerprint density at radius 2 is 1.46 bits per heavy atom. The standard InChI is InChI=1S/C34H25NO4/c1-39-24-14-9-13-23(20-24)31(36)30-29(22-11-3-2-4-12-22)34(32(37)25-15-6-7-16-26(25)33(34)38)28-19-18-21-10-5-8-17-27(21)35(28)30/h2-20,28-30H,1H3/t28-,29-,30+/m0/s1. The lowest BCUT2D eigenvalue weighted by Gasteiger charge is -2.37. The molecule has 0 N–H and O–H groups in total. The first-order chi connectivity index (χ1) is 19.1. The first kappa shape index (κ1) is 23.4. The van der Waals surface area contributed by atoms with Gasteiger partial charge in [0.15, 0.2) is 17.3 Å². The fourth-order valence-electron chi connectivity index (χ4n) is 6.90. The molecular weight excluding hydrogens is 486 g/mol. The summed E-state index contributed by atoms with van der Waals surface area (Å²) >= 11 is 0. The molecule has 5 heteroatoms. The van der Waals surface area contributed by atoms with Gasteiger partial charge in [0.2, 0.25) is 0 Å². The van der Waals surface area contributed by atoms with Crippen molar-refractivity contribution in [3.63, 3.8) is 0 Å². The van der Waals surface area contributed by atoms with E-state index in [1.54, 1.807) is 55.6 Å². The monoisotopic (exact) mass is 511 g/mol. The molecule has 3 aliphatic rings. The molecule has 0 amide bonds. The minimum atomic E-state index is -1.49. The summed E-state index contributed by atoms with van der Waals surface area (Å²) in [7, 11) is 1.57. The summed E-state index contributed by atoms with van der Waals surface area (Å²) in [5.41, 5.74) is 2.38. The lowest BCUT2D eigenvalue weighted by molar-refractivity contribution is 0.0666. The molecule has 0 saturated carbocycles. The van der Waals surface area contributed by atoms with Crippen LogP contribution in [0.3, 0.4) is 0 Å². The normalized spacial score (nSPS) is 22.0. The average Bonchev–Trinajstić information content (AvgIpc) is 3.43. The molecular formula is C34H25NO4. The van der Waals surface area contributed by atoms with Gasteiger partial charge in [0.1, 0.15) is 17.2 Å². The van der Waals surface area contributed by atoms with Crippen LogP contribution in [0.5, 0.6) is 5.75 Å². The van der Waals surface area contributed by atoms with Crippen molar-refractivity contribution in [2.24, 2.45) is 5.41 Å². The molecule has 7 rings (SSSR count). The van der Waals surface area contributed by atoms with Gasteiger partial charge in [-0.2, -0.15) is 0 Å². The molecule has 4 aromatic rings. The summed E-state index contributed by atoms with van der Waals surface area (Å²) in [4.78, 5) is 45.8. The molecule has 190 valence electrons. The van der Waals surface area contributed by atoms with E-state index in [0.717, 1.165) is 16.8 Å². The van der Waals surface area contributed by atoms with Crippen LogP contribution >= 0.6 is 0 Å². The van der Waals surface area contributed by atoms with Gasteiger partial charge < -0.3 is 9.64 Å². The Morgan fingerprint density at radius 3 is 2.18 bits per heavy atom. The smallest absolute Gasteiger partial charge is 0.186 e. The van der Waals surface area contributed by atoms with Gasteiger partial charge in [-0.15, -0.1) is 0 Å². The molecule has 3 atom stereocenters. The topological polar surface area (TPSA) is 63.7 Å². The number of ketones is 3. The van der Waals surface area contributed by atoms with Crippen molar-refractivity contribution in [2.75, 3.05) is 12.0 Å². The van der Waals surface area contributed by atoms with Gasteiger partial charge in [-0.3, -0.25) is 14.4 Å². The fourth-order valence-corrected chi connectivity index (χ4v) is 6.90. The van der Waals surface area contributed by atoms with Crippen LogP contribution < -0.4 is 9.64 Å². The first-order valence-corrected chi connectivity index (χ1v) is 13.0. The summed E-state index contributed by atoms with van der Waals surface area (Å²) in [6, 6.07) is 30.1. The van der Waals surface area contributed by atoms with Gasteiger partial charge >= 0.3 is 0 Å². The van der Waals surface area contributed by atoms with Gasteiger partial charge in [0, 0.05) is 28.3 Å². The van der Waals surface area contributed by atoms with Crippen LogP contribution in [0.2, 0.25) is 0 Å². The van der Waals surface area contributed by atoms with Crippen LogP contribution in [0.25, 0.3) is 6.08 Å². The third-order valence-corrected chi connectivity index (χ3v) is 8.49. The van der Waals surface area contributed by atoms with Crippen molar-refractivity contribution in [3.05, 3.63) is 137 Å². The van der Waals surface area contributed by atoms with Crippen molar-refractivity contribution in [1.82, 2.24) is 0 Å². The van der Waals surface area contributed by atoms with Crippen LogP contribution in [0.15, 0.2) is 109 Å². The summed E-state index contributed by atoms with van der Waals surface area (Å²) in [5, 5.41) is 0. The minimum absolute atomic E-state index is 0.161. The molecule has 0 bridgehead atoms. The van der Waals surface area contributed by atoms with E-state index in [4.69, 9.17) is 4.74 Å². The maximum Gasteiger partial charge on any atom is 0.186 e. The van der Waals surface area contributed by atoms with E-state index in [1.165, 1.54) is 0 Å². The molecule has 5 nitrogen and oxygen atoms in total. The highest BCUT2D eigenvalue weighted by molar-refractivity contribution is 6.32. The van der Waals surface area contributed by atoms with Gasteiger partial charge in [-0.25, -0.2) is 0 Å². The lowest BCUT2D eigenvalue weighted by Crippen LogP contribution is -2.48. The van der Waals surface area contributed by atoms with Gasteiger partial charge in [-0.1, -0.05) is 97.1 Å². The zero-order chi connectivity index (χ0) is 26.7. The molecule has 39 heavy (non-hydrogen) atoms. The van der Waals surface area contributed by atoms with E-state index in [2.05, 4.69) is 0 Å². The Labute approximate surface area is 226 Å². The predicted molar refractivity (Wildman–Crippen MR) is 150 cm³/mol. The van der Waals surface area contributed by atoms with Crippen LogP contribution in [0.4, 0.5) is 5.69 Å². The highest BCUT2D eigenvalue weighted by atomic mass is 16.5. The van der Waals surface area contributed by atoms with E-state index >= 15 is 0 Å². The number of carbonyl (C=O) groups excluding carboxylic acids is 3. The first-order valence-electron chi connectivity index (χ1n) is 13.0. The number of para-hydroxylation sites is 1. The third-order valence-electron chi connectivity index (χ3n) is 8.49. The molecule has 2 heterocycles. The number of hydrogen-bond donors (Lipinski definition) is 0. The average molecular weight is 512 g/mol.